The maximum Gasteiger partial charge on any atom is 0.133 e. The molecule has 1 aliphatic carbocycles. The van der Waals surface area contributed by atoms with Crippen molar-refractivity contribution < 1.29 is 0 Å². The van der Waals surface area contributed by atoms with Gasteiger partial charge in [0, 0.05) is 11.3 Å². The number of benzene rings is 7. The highest BCUT2D eigenvalue weighted by Gasteiger charge is 2.43. The van der Waals surface area contributed by atoms with E-state index in [0.717, 1.165) is 34.6 Å². The fourth-order valence-corrected chi connectivity index (χ4v) is 7.95. The molecule has 1 heterocycles. The smallest absolute Gasteiger partial charge is 0.133 e. The molecule has 0 radical (unpaired) electrons. The normalized spacial score (nSPS) is 15.9. The van der Waals surface area contributed by atoms with E-state index in [4.69, 9.17) is 4.99 Å². The molecule has 0 amide bonds. The Morgan fingerprint density at radius 3 is 1.72 bits per heavy atom. The SMILES string of the molecule is C1=C(c2ccccc2)NC(c2ccccc2)=NC1c1cccc(-c2ccc3c(c2)C(c2ccccc2)(c2ccccc2)c2ccccc2C3)c1. The second kappa shape index (κ2) is 12.7. The molecular weight excluding hydrogens is 605 g/mol. The minimum absolute atomic E-state index is 0.140. The van der Waals surface area contributed by atoms with Crippen molar-refractivity contribution in [3.8, 4) is 11.1 Å². The summed E-state index contributed by atoms with van der Waals surface area (Å²) in [6.07, 6.45) is 3.16. The summed E-state index contributed by atoms with van der Waals surface area (Å²) in [6.45, 7) is 0. The number of fused-ring (bicyclic) bond motifs is 2. The Kier molecular flexibility index (Phi) is 7.55. The topological polar surface area (TPSA) is 24.4 Å². The van der Waals surface area contributed by atoms with Gasteiger partial charge in [-0.3, -0.25) is 4.99 Å². The lowest BCUT2D eigenvalue weighted by Crippen LogP contribution is -2.36. The first-order valence-electron chi connectivity index (χ1n) is 17.4. The molecule has 7 aromatic carbocycles. The molecule has 1 unspecified atom stereocenters. The van der Waals surface area contributed by atoms with Crippen molar-refractivity contribution in [3.63, 3.8) is 0 Å². The predicted molar refractivity (Wildman–Crippen MR) is 206 cm³/mol. The fraction of sp³-hybridized carbons (Fsp3) is 0.0625. The molecule has 0 saturated carbocycles. The first-order valence-corrected chi connectivity index (χ1v) is 17.4. The third kappa shape index (κ3) is 5.17. The molecule has 1 aliphatic heterocycles. The number of hydrogen-bond donors (Lipinski definition) is 1. The lowest BCUT2D eigenvalue weighted by Gasteiger charge is -2.42. The maximum atomic E-state index is 5.26. The van der Waals surface area contributed by atoms with Crippen LogP contribution in [0.15, 0.2) is 199 Å². The van der Waals surface area contributed by atoms with Crippen LogP contribution in [0.3, 0.4) is 0 Å². The molecule has 1 N–H and O–H groups in total. The predicted octanol–water partition coefficient (Wildman–Crippen LogP) is 10.8. The largest absolute Gasteiger partial charge is 0.340 e. The van der Waals surface area contributed by atoms with Crippen LogP contribution >= 0.6 is 0 Å². The molecule has 0 spiro atoms. The second-order valence-corrected chi connectivity index (χ2v) is 13.2. The van der Waals surface area contributed by atoms with Crippen molar-refractivity contribution in [1.82, 2.24) is 5.32 Å². The monoisotopic (exact) mass is 640 g/mol. The van der Waals surface area contributed by atoms with E-state index < -0.39 is 5.41 Å². The highest BCUT2D eigenvalue weighted by atomic mass is 15.0. The lowest BCUT2D eigenvalue weighted by molar-refractivity contribution is 0.703. The van der Waals surface area contributed by atoms with Gasteiger partial charge in [0.05, 0.1) is 11.5 Å². The average molecular weight is 641 g/mol. The Balaban J connectivity index is 1.20. The van der Waals surface area contributed by atoms with E-state index in [1.165, 1.54) is 44.5 Å². The number of aliphatic imine (C=N–C) groups is 1. The highest BCUT2D eigenvalue weighted by molar-refractivity contribution is 6.04. The summed E-state index contributed by atoms with van der Waals surface area (Å²) >= 11 is 0. The summed E-state index contributed by atoms with van der Waals surface area (Å²) in [4.78, 5) is 5.26. The van der Waals surface area contributed by atoms with E-state index in [1.807, 2.05) is 6.07 Å². The molecule has 7 aromatic rings. The Morgan fingerprint density at radius 1 is 0.460 bits per heavy atom. The minimum Gasteiger partial charge on any atom is -0.340 e. The van der Waals surface area contributed by atoms with Crippen molar-refractivity contribution in [3.05, 3.63) is 244 Å². The van der Waals surface area contributed by atoms with Crippen LogP contribution in [0.2, 0.25) is 0 Å². The van der Waals surface area contributed by atoms with Gasteiger partial charge in [-0.1, -0.05) is 176 Å². The summed E-state index contributed by atoms with van der Waals surface area (Å²) in [5.41, 5.74) is 14.4. The second-order valence-electron chi connectivity index (χ2n) is 13.2. The van der Waals surface area contributed by atoms with Crippen LogP contribution < -0.4 is 5.32 Å². The van der Waals surface area contributed by atoms with Gasteiger partial charge in [0.1, 0.15) is 5.84 Å². The first-order chi connectivity index (χ1) is 24.8. The zero-order valence-electron chi connectivity index (χ0n) is 27.7. The average Bonchev–Trinajstić information content (AvgIpc) is 3.21. The van der Waals surface area contributed by atoms with Crippen molar-refractivity contribution >= 4 is 11.5 Å². The summed E-state index contributed by atoms with van der Waals surface area (Å²) in [7, 11) is 0. The van der Waals surface area contributed by atoms with Crippen LogP contribution in [0.4, 0.5) is 0 Å². The van der Waals surface area contributed by atoms with Gasteiger partial charge in [0.2, 0.25) is 0 Å². The van der Waals surface area contributed by atoms with Crippen LogP contribution in [-0.2, 0) is 11.8 Å². The Bertz CT molecular complexity index is 2260. The quantitative estimate of drug-likeness (QED) is 0.192. The molecule has 9 rings (SSSR count). The molecule has 2 heteroatoms. The van der Waals surface area contributed by atoms with Gasteiger partial charge in [-0.05, 0) is 80.3 Å². The Labute approximate surface area is 294 Å². The van der Waals surface area contributed by atoms with E-state index in [0.29, 0.717) is 0 Å². The standard InChI is InChI=1S/C48H36N2/c1-5-16-34(17-6-1)45-33-46(50-47(49-45)35-18-7-2-8-19-35)40-22-15-21-36(30-40)37-28-29-39-31-38-20-13-14-27-43(38)48(44(39)32-37,41-23-9-3-10-24-41)42-25-11-4-12-26-42/h1-30,32-33,46H,31H2,(H,49,50). The zero-order chi connectivity index (χ0) is 33.3. The molecule has 2 nitrogen and oxygen atoms in total. The number of amidine groups is 1. The fourth-order valence-electron chi connectivity index (χ4n) is 7.95. The van der Waals surface area contributed by atoms with Crippen LogP contribution in [0, 0.1) is 0 Å². The van der Waals surface area contributed by atoms with Gasteiger partial charge >= 0.3 is 0 Å². The van der Waals surface area contributed by atoms with Crippen molar-refractivity contribution in [1.29, 1.82) is 0 Å². The lowest BCUT2D eigenvalue weighted by atomic mass is 9.59. The Morgan fingerprint density at radius 2 is 1.02 bits per heavy atom. The Hall–Kier alpha value is -6.25. The van der Waals surface area contributed by atoms with E-state index in [2.05, 4.69) is 193 Å². The van der Waals surface area contributed by atoms with Crippen molar-refractivity contribution in [2.75, 3.05) is 0 Å². The molecular formula is C48H36N2. The van der Waals surface area contributed by atoms with Crippen LogP contribution in [0.25, 0.3) is 16.8 Å². The molecule has 0 aromatic heterocycles. The number of hydrogen-bond acceptors (Lipinski definition) is 2. The van der Waals surface area contributed by atoms with Crippen molar-refractivity contribution in [2.45, 2.75) is 17.9 Å². The van der Waals surface area contributed by atoms with Crippen LogP contribution in [0.1, 0.15) is 56.1 Å². The molecule has 0 bridgehead atoms. The molecule has 238 valence electrons. The van der Waals surface area contributed by atoms with Gasteiger partial charge in [0.15, 0.2) is 0 Å². The van der Waals surface area contributed by atoms with Gasteiger partial charge in [-0.2, -0.15) is 0 Å². The van der Waals surface area contributed by atoms with Gasteiger partial charge < -0.3 is 5.32 Å². The van der Waals surface area contributed by atoms with E-state index >= 15 is 0 Å². The molecule has 0 fully saturated rings. The highest BCUT2D eigenvalue weighted by Crippen LogP contribution is 2.51. The van der Waals surface area contributed by atoms with Gasteiger partial charge in [-0.15, -0.1) is 0 Å². The summed E-state index contributed by atoms with van der Waals surface area (Å²) in [6, 6.07) is 67.9. The third-order valence-electron chi connectivity index (χ3n) is 10.3. The van der Waals surface area contributed by atoms with E-state index in [9.17, 15) is 0 Å². The van der Waals surface area contributed by atoms with Gasteiger partial charge in [0.25, 0.3) is 0 Å². The summed E-state index contributed by atoms with van der Waals surface area (Å²) in [5.74, 6) is 0.880. The maximum absolute atomic E-state index is 5.26. The summed E-state index contributed by atoms with van der Waals surface area (Å²) in [5, 5.41) is 3.63. The van der Waals surface area contributed by atoms with E-state index in [-0.39, 0.29) is 6.04 Å². The minimum atomic E-state index is -0.447. The summed E-state index contributed by atoms with van der Waals surface area (Å²) < 4.78 is 0. The third-order valence-corrected chi connectivity index (χ3v) is 10.3. The molecule has 0 saturated heterocycles. The van der Waals surface area contributed by atoms with E-state index in [1.54, 1.807) is 0 Å². The molecule has 1 atom stereocenters. The van der Waals surface area contributed by atoms with Crippen LogP contribution in [-0.4, -0.2) is 5.84 Å². The number of nitrogens with zero attached hydrogens (tertiary/aromatic N) is 1. The molecule has 2 aliphatic rings. The zero-order valence-corrected chi connectivity index (χ0v) is 27.7. The number of rotatable bonds is 6. The first kappa shape index (κ1) is 29.9. The number of nitrogens with one attached hydrogen (secondary N) is 1. The van der Waals surface area contributed by atoms with Crippen LogP contribution in [0.5, 0.6) is 0 Å². The van der Waals surface area contributed by atoms with Crippen molar-refractivity contribution in [2.24, 2.45) is 4.99 Å². The molecule has 50 heavy (non-hydrogen) atoms. The van der Waals surface area contributed by atoms with Gasteiger partial charge in [-0.25, -0.2) is 0 Å².